The number of halogens is 1. The van der Waals surface area contributed by atoms with Gasteiger partial charge in [0.25, 0.3) is 5.91 Å². The Morgan fingerprint density at radius 3 is 2.50 bits per heavy atom. The van der Waals surface area contributed by atoms with Gasteiger partial charge in [-0.05, 0) is 62.4 Å². The summed E-state index contributed by atoms with van der Waals surface area (Å²) in [5.74, 6) is 0.740. The van der Waals surface area contributed by atoms with E-state index in [2.05, 4.69) is 15.5 Å². The van der Waals surface area contributed by atoms with Crippen molar-refractivity contribution in [3.05, 3.63) is 35.7 Å². The molecule has 1 N–H and O–H groups in total. The van der Waals surface area contributed by atoms with Crippen molar-refractivity contribution < 1.29 is 14.3 Å². The van der Waals surface area contributed by atoms with E-state index in [1.165, 1.54) is 11.2 Å². The Hall–Kier alpha value is -2.16. The van der Waals surface area contributed by atoms with Crippen LogP contribution >= 0.6 is 12.4 Å². The molecule has 1 aromatic carbocycles. The summed E-state index contributed by atoms with van der Waals surface area (Å²) in [4.78, 5) is 16.5. The number of carbonyl (C=O) groups is 1. The third kappa shape index (κ3) is 4.77. The van der Waals surface area contributed by atoms with Crippen LogP contribution in [0.3, 0.4) is 0 Å². The number of aryl methyl sites for hydroxylation is 1. The highest BCUT2D eigenvalue weighted by Gasteiger charge is 2.38. The average Bonchev–Trinajstić information content (AvgIpc) is 3.36. The van der Waals surface area contributed by atoms with Crippen molar-refractivity contribution in [1.82, 2.24) is 25.2 Å². The van der Waals surface area contributed by atoms with Crippen LogP contribution in [0.4, 0.5) is 0 Å². The summed E-state index contributed by atoms with van der Waals surface area (Å²) in [5, 5.41) is 12.4. The molecular formula is C21H30ClN5O3. The van der Waals surface area contributed by atoms with Gasteiger partial charge in [-0.15, -0.1) is 17.5 Å². The number of likely N-dealkylation sites (tertiary alicyclic amines) is 1. The van der Waals surface area contributed by atoms with Crippen molar-refractivity contribution in [2.45, 2.75) is 26.2 Å². The number of rotatable bonds is 6. The zero-order chi connectivity index (χ0) is 20.3. The summed E-state index contributed by atoms with van der Waals surface area (Å²) < 4.78 is 10.6. The average molecular weight is 436 g/mol. The molecule has 1 aromatic heterocycles. The first-order valence-electron chi connectivity index (χ1n) is 10.3. The summed E-state index contributed by atoms with van der Waals surface area (Å²) in [6.45, 7) is 6.64. The minimum absolute atomic E-state index is 0. The number of ether oxygens (including phenoxy) is 2. The fraction of sp³-hybridized carbons (Fsp3) is 0.571. The van der Waals surface area contributed by atoms with Crippen LogP contribution in [0, 0.1) is 12.3 Å². The Morgan fingerprint density at radius 2 is 1.87 bits per heavy atom. The topological polar surface area (TPSA) is 81.5 Å². The number of aromatic nitrogens is 3. The zero-order valence-corrected chi connectivity index (χ0v) is 18.4. The fourth-order valence-electron chi connectivity index (χ4n) is 4.17. The Kier molecular flexibility index (Phi) is 7.33. The molecule has 1 spiro atoms. The maximum Gasteiger partial charge on any atom is 0.276 e. The molecule has 2 aliphatic heterocycles. The van der Waals surface area contributed by atoms with E-state index in [0.29, 0.717) is 30.0 Å². The van der Waals surface area contributed by atoms with Crippen LogP contribution in [0.1, 0.15) is 35.4 Å². The third-order valence-corrected chi connectivity index (χ3v) is 6.05. The molecule has 3 heterocycles. The molecule has 0 aliphatic carbocycles. The van der Waals surface area contributed by atoms with Crippen molar-refractivity contribution in [1.29, 1.82) is 0 Å². The predicted molar refractivity (Wildman–Crippen MR) is 116 cm³/mol. The number of benzene rings is 1. The number of carbonyl (C=O) groups excluding carboxylic acids is 1. The van der Waals surface area contributed by atoms with E-state index in [1.807, 2.05) is 36.1 Å². The first-order valence-corrected chi connectivity index (χ1v) is 10.3. The molecule has 9 heteroatoms. The number of amides is 1. The fourth-order valence-corrected chi connectivity index (χ4v) is 4.17. The molecule has 2 fully saturated rings. The number of hydrogen-bond donors (Lipinski definition) is 1. The molecule has 1 amide bonds. The van der Waals surface area contributed by atoms with Gasteiger partial charge in [0.2, 0.25) is 0 Å². The summed E-state index contributed by atoms with van der Waals surface area (Å²) in [7, 11) is 1.64. The van der Waals surface area contributed by atoms with Gasteiger partial charge in [0.15, 0.2) is 5.69 Å². The number of nitrogens with zero attached hydrogens (tertiary/aromatic N) is 4. The van der Waals surface area contributed by atoms with Crippen molar-refractivity contribution in [2.24, 2.45) is 5.41 Å². The zero-order valence-electron chi connectivity index (χ0n) is 17.6. The lowest BCUT2D eigenvalue weighted by molar-refractivity contribution is 0.0601. The molecule has 2 aromatic rings. The monoisotopic (exact) mass is 435 g/mol. The van der Waals surface area contributed by atoms with Crippen molar-refractivity contribution >= 4 is 18.3 Å². The molecule has 0 saturated carbocycles. The van der Waals surface area contributed by atoms with Gasteiger partial charge >= 0.3 is 0 Å². The maximum atomic E-state index is 13.0. The lowest BCUT2D eigenvalue weighted by atomic mass is 9.78. The molecule has 2 aliphatic rings. The summed E-state index contributed by atoms with van der Waals surface area (Å²) in [6.07, 6.45) is 3.34. The Balaban J connectivity index is 0.00000256. The van der Waals surface area contributed by atoms with E-state index >= 15 is 0 Å². The van der Waals surface area contributed by atoms with Crippen molar-refractivity contribution in [3.8, 4) is 11.4 Å². The highest BCUT2D eigenvalue weighted by molar-refractivity contribution is 5.93. The molecule has 30 heavy (non-hydrogen) atoms. The number of nitrogens with one attached hydrogen (secondary N) is 1. The van der Waals surface area contributed by atoms with E-state index in [1.54, 1.807) is 7.11 Å². The van der Waals surface area contributed by atoms with Gasteiger partial charge in [-0.25, -0.2) is 0 Å². The van der Waals surface area contributed by atoms with Gasteiger partial charge in [-0.2, -0.15) is 9.90 Å². The molecule has 2 saturated heterocycles. The third-order valence-electron chi connectivity index (χ3n) is 6.05. The first kappa shape index (κ1) is 22.5. The molecule has 4 rings (SSSR count). The van der Waals surface area contributed by atoms with Gasteiger partial charge in [0.05, 0.1) is 18.0 Å². The standard InChI is InChI=1S/C21H29N5O3.ClH/c1-16-19(20(27)25-11-8-21(9-12-25)7-10-22-15-21)24-26(23-16)17-3-5-18(6-4-17)29-14-13-28-2;/h3-6,22H,7-15H2,1-2H3;1H. The van der Waals surface area contributed by atoms with Crippen LogP contribution < -0.4 is 10.1 Å². The van der Waals surface area contributed by atoms with Crippen LogP contribution in [0.2, 0.25) is 0 Å². The molecular weight excluding hydrogens is 406 g/mol. The smallest absolute Gasteiger partial charge is 0.276 e. The second-order valence-corrected chi connectivity index (χ2v) is 7.98. The number of methoxy groups -OCH3 is 1. The quantitative estimate of drug-likeness (QED) is 0.701. The Bertz CT molecular complexity index is 839. The first-order chi connectivity index (χ1) is 14.1. The van der Waals surface area contributed by atoms with Crippen LogP contribution in [0.5, 0.6) is 5.75 Å². The van der Waals surface area contributed by atoms with Crippen molar-refractivity contribution in [3.63, 3.8) is 0 Å². The molecule has 0 bridgehead atoms. The molecule has 0 atom stereocenters. The van der Waals surface area contributed by atoms with Gasteiger partial charge < -0.3 is 19.7 Å². The van der Waals surface area contributed by atoms with Crippen LogP contribution in [0.15, 0.2) is 24.3 Å². The van der Waals surface area contributed by atoms with Crippen LogP contribution in [-0.2, 0) is 4.74 Å². The van der Waals surface area contributed by atoms with Gasteiger partial charge in [0, 0.05) is 26.7 Å². The SMILES string of the molecule is COCCOc1ccc(-n2nc(C)c(C(=O)N3CCC4(CCNC4)CC3)n2)cc1.Cl. The summed E-state index contributed by atoms with van der Waals surface area (Å²) in [6, 6.07) is 7.50. The van der Waals surface area contributed by atoms with E-state index in [9.17, 15) is 4.79 Å². The normalized spacial score (nSPS) is 17.7. The van der Waals surface area contributed by atoms with Gasteiger partial charge in [-0.3, -0.25) is 4.79 Å². The molecule has 0 unspecified atom stereocenters. The van der Waals surface area contributed by atoms with Crippen molar-refractivity contribution in [2.75, 3.05) is 46.5 Å². The lowest BCUT2D eigenvalue weighted by Crippen LogP contribution is -2.44. The van der Waals surface area contributed by atoms with Gasteiger partial charge in [0.1, 0.15) is 12.4 Å². The van der Waals surface area contributed by atoms with E-state index in [4.69, 9.17) is 9.47 Å². The summed E-state index contributed by atoms with van der Waals surface area (Å²) >= 11 is 0. The Morgan fingerprint density at radius 1 is 1.13 bits per heavy atom. The van der Waals surface area contributed by atoms with E-state index < -0.39 is 0 Å². The van der Waals surface area contributed by atoms with Crippen LogP contribution in [0.25, 0.3) is 5.69 Å². The largest absolute Gasteiger partial charge is 0.491 e. The second kappa shape index (κ2) is 9.76. The van der Waals surface area contributed by atoms with Crippen LogP contribution in [-0.4, -0.2) is 72.3 Å². The Labute approximate surface area is 183 Å². The molecule has 0 radical (unpaired) electrons. The summed E-state index contributed by atoms with van der Waals surface area (Å²) in [5.41, 5.74) is 2.27. The minimum Gasteiger partial charge on any atom is -0.491 e. The highest BCUT2D eigenvalue weighted by Crippen LogP contribution is 2.37. The lowest BCUT2D eigenvalue weighted by Gasteiger charge is -2.38. The second-order valence-electron chi connectivity index (χ2n) is 7.98. The predicted octanol–water partition coefficient (Wildman–Crippen LogP) is 2.24. The van der Waals surface area contributed by atoms with E-state index in [-0.39, 0.29) is 18.3 Å². The number of hydrogen-bond acceptors (Lipinski definition) is 6. The van der Waals surface area contributed by atoms with Gasteiger partial charge in [-0.1, -0.05) is 0 Å². The van der Waals surface area contributed by atoms with E-state index in [0.717, 1.165) is 50.5 Å². The molecule has 8 nitrogen and oxygen atoms in total. The number of piperidine rings is 1. The maximum absolute atomic E-state index is 13.0. The minimum atomic E-state index is -0.0194. The molecule has 164 valence electrons. The highest BCUT2D eigenvalue weighted by atomic mass is 35.5.